The van der Waals surface area contributed by atoms with Crippen molar-refractivity contribution in [1.82, 2.24) is 0 Å². The number of esters is 1. The van der Waals surface area contributed by atoms with Crippen LogP contribution < -0.4 is 4.74 Å². The number of hydrogen-bond acceptors (Lipinski definition) is 4. The van der Waals surface area contributed by atoms with E-state index in [1.165, 1.54) is 11.8 Å². The first kappa shape index (κ1) is 20.1. The molecule has 0 amide bonds. The molecule has 0 heterocycles. The van der Waals surface area contributed by atoms with E-state index < -0.39 is 10.9 Å². The van der Waals surface area contributed by atoms with Crippen LogP contribution in [-0.4, -0.2) is 23.9 Å². The summed E-state index contributed by atoms with van der Waals surface area (Å²) in [6.07, 6.45) is 1.81. The first-order valence-electron chi connectivity index (χ1n) is 8.55. The number of carbonyl (C=O) groups excluding carboxylic acids is 1. The van der Waals surface area contributed by atoms with Crippen molar-refractivity contribution in [3.05, 3.63) is 72.8 Å². The number of ether oxygens (including phenoxy) is 2. The second kappa shape index (κ2) is 8.95. The van der Waals surface area contributed by atoms with Crippen LogP contribution in [0.2, 0.25) is 0 Å². The van der Waals surface area contributed by atoms with Gasteiger partial charge in [0, 0.05) is 5.92 Å². The summed E-state index contributed by atoms with van der Waals surface area (Å²) in [5.74, 6) is 0.296. The smallest absolute Gasteiger partial charge is 0.320 e. The van der Waals surface area contributed by atoms with Gasteiger partial charge in [-0.25, -0.2) is 0 Å². The Morgan fingerprint density at radius 2 is 1.69 bits per heavy atom. The fraction of sp³-hybridized carbons (Fsp3) is 0.318. The van der Waals surface area contributed by atoms with Gasteiger partial charge in [0.15, 0.2) is 0 Å². The van der Waals surface area contributed by atoms with E-state index in [4.69, 9.17) is 9.47 Å². The van der Waals surface area contributed by atoms with Crippen molar-refractivity contribution in [3.63, 3.8) is 0 Å². The molecule has 0 N–H and O–H groups in total. The highest BCUT2D eigenvalue weighted by molar-refractivity contribution is 8.00. The Morgan fingerprint density at radius 3 is 2.27 bits per heavy atom. The van der Waals surface area contributed by atoms with Crippen LogP contribution in [0, 0.1) is 0 Å². The fourth-order valence-electron chi connectivity index (χ4n) is 2.59. The van der Waals surface area contributed by atoms with Gasteiger partial charge in [-0.05, 0) is 38.5 Å². The van der Waals surface area contributed by atoms with Gasteiger partial charge >= 0.3 is 5.97 Å². The van der Waals surface area contributed by atoms with E-state index in [9.17, 15) is 4.79 Å². The van der Waals surface area contributed by atoms with E-state index in [-0.39, 0.29) is 11.9 Å². The van der Waals surface area contributed by atoms with Crippen LogP contribution in [0.15, 0.2) is 72.1 Å². The number of para-hydroxylation sites is 1. The third-order valence-electron chi connectivity index (χ3n) is 3.73. The highest BCUT2D eigenvalue weighted by Gasteiger charge is 2.33. The number of benzene rings is 2. The molecule has 0 radical (unpaired) electrons. The van der Waals surface area contributed by atoms with Crippen molar-refractivity contribution in [2.24, 2.45) is 0 Å². The lowest BCUT2D eigenvalue weighted by molar-refractivity contribution is -0.154. The molecule has 2 aromatic rings. The molecule has 2 aromatic carbocycles. The lowest BCUT2D eigenvalue weighted by Crippen LogP contribution is -2.33. The average Bonchev–Trinajstić information content (AvgIpc) is 2.61. The van der Waals surface area contributed by atoms with E-state index in [1.54, 1.807) is 7.11 Å². The molecule has 0 spiro atoms. The minimum Gasteiger partial charge on any atom is -0.496 e. The van der Waals surface area contributed by atoms with Gasteiger partial charge in [-0.1, -0.05) is 48.5 Å². The second-order valence-corrected chi connectivity index (χ2v) is 8.08. The maximum atomic E-state index is 13.0. The summed E-state index contributed by atoms with van der Waals surface area (Å²) in [5, 5.41) is -0.467. The van der Waals surface area contributed by atoms with Crippen molar-refractivity contribution in [2.45, 2.75) is 42.4 Å². The SMILES string of the molecule is C=C[C@@H](c1ccccc1)[C@H](Sc1ccccc1OC)C(=O)OC(C)(C)C. The van der Waals surface area contributed by atoms with Gasteiger partial charge in [0.05, 0.1) is 12.0 Å². The van der Waals surface area contributed by atoms with Crippen LogP contribution in [0.5, 0.6) is 5.75 Å². The lowest BCUT2D eigenvalue weighted by Gasteiger charge is -2.28. The molecule has 0 saturated carbocycles. The molecule has 26 heavy (non-hydrogen) atoms. The number of methoxy groups -OCH3 is 1. The van der Waals surface area contributed by atoms with E-state index in [0.29, 0.717) is 0 Å². The molecule has 0 saturated heterocycles. The molecule has 2 rings (SSSR count). The molecule has 2 atom stereocenters. The maximum Gasteiger partial charge on any atom is 0.320 e. The normalized spacial score (nSPS) is 13.5. The molecule has 0 aliphatic heterocycles. The topological polar surface area (TPSA) is 35.5 Å². The van der Waals surface area contributed by atoms with Crippen molar-refractivity contribution < 1.29 is 14.3 Å². The van der Waals surface area contributed by atoms with Crippen LogP contribution in [-0.2, 0) is 9.53 Å². The van der Waals surface area contributed by atoms with Crippen LogP contribution in [0.4, 0.5) is 0 Å². The summed E-state index contributed by atoms with van der Waals surface area (Å²) < 4.78 is 11.1. The van der Waals surface area contributed by atoms with E-state index in [0.717, 1.165) is 16.2 Å². The van der Waals surface area contributed by atoms with Gasteiger partial charge in [-0.3, -0.25) is 4.79 Å². The van der Waals surface area contributed by atoms with Crippen LogP contribution in [0.3, 0.4) is 0 Å². The van der Waals surface area contributed by atoms with Gasteiger partial charge in [0.2, 0.25) is 0 Å². The van der Waals surface area contributed by atoms with Gasteiger partial charge in [0.1, 0.15) is 16.6 Å². The van der Waals surface area contributed by atoms with Gasteiger partial charge in [-0.2, -0.15) is 0 Å². The lowest BCUT2D eigenvalue weighted by atomic mass is 9.95. The summed E-state index contributed by atoms with van der Waals surface area (Å²) in [4.78, 5) is 13.9. The van der Waals surface area contributed by atoms with Gasteiger partial charge in [0.25, 0.3) is 0 Å². The standard InChI is InChI=1S/C22H26O3S/c1-6-17(16-12-8-7-9-13-16)20(21(23)25-22(2,3)4)26-19-15-11-10-14-18(19)24-5/h6-15,17,20H,1H2,2-5H3/t17-,20-/m0/s1. The van der Waals surface area contributed by atoms with Crippen LogP contribution >= 0.6 is 11.8 Å². The van der Waals surface area contributed by atoms with Gasteiger partial charge < -0.3 is 9.47 Å². The average molecular weight is 371 g/mol. The molecule has 0 unspecified atom stereocenters. The van der Waals surface area contributed by atoms with E-state index >= 15 is 0 Å². The van der Waals surface area contributed by atoms with Gasteiger partial charge in [-0.15, -0.1) is 18.3 Å². The third-order valence-corrected chi connectivity index (χ3v) is 5.06. The number of carbonyl (C=O) groups is 1. The Hall–Kier alpha value is -2.20. The Kier molecular flexibility index (Phi) is 6.92. The predicted octanol–water partition coefficient (Wildman–Crippen LogP) is 5.47. The minimum absolute atomic E-state index is 0.180. The molecule has 0 fully saturated rings. The molecule has 0 aromatic heterocycles. The first-order valence-corrected chi connectivity index (χ1v) is 9.43. The molecule has 0 aliphatic rings. The number of rotatable bonds is 7. The van der Waals surface area contributed by atoms with Crippen molar-refractivity contribution >= 4 is 17.7 Å². The van der Waals surface area contributed by atoms with Crippen molar-refractivity contribution in [1.29, 1.82) is 0 Å². The molecular formula is C22H26O3S. The Morgan fingerprint density at radius 1 is 1.08 bits per heavy atom. The second-order valence-electron chi connectivity index (χ2n) is 6.89. The monoisotopic (exact) mass is 370 g/mol. The number of thioether (sulfide) groups is 1. The predicted molar refractivity (Wildman–Crippen MR) is 108 cm³/mol. The van der Waals surface area contributed by atoms with Crippen molar-refractivity contribution in [2.75, 3.05) is 7.11 Å². The minimum atomic E-state index is -0.556. The Balaban J connectivity index is 2.41. The summed E-state index contributed by atoms with van der Waals surface area (Å²) in [7, 11) is 1.63. The Labute approximate surface area is 160 Å². The van der Waals surface area contributed by atoms with E-state index in [1.807, 2.05) is 81.4 Å². The largest absolute Gasteiger partial charge is 0.496 e. The molecule has 0 bridgehead atoms. The molecule has 4 heteroatoms. The number of allylic oxidation sites excluding steroid dienone is 1. The van der Waals surface area contributed by atoms with E-state index in [2.05, 4.69) is 6.58 Å². The van der Waals surface area contributed by atoms with Crippen LogP contribution in [0.1, 0.15) is 32.3 Å². The molecule has 0 aliphatic carbocycles. The zero-order valence-corrected chi connectivity index (χ0v) is 16.6. The highest BCUT2D eigenvalue weighted by atomic mass is 32.2. The zero-order valence-electron chi connectivity index (χ0n) is 15.8. The summed E-state index contributed by atoms with van der Waals surface area (Å²) in [6.45, 7) is 9.60. The molecule has 138 valence electrons. The summed E-state index contributed by atoms with van der Waals surface area (Å²) in [6, 6.07) is 17.6. The summed E-state index contributed by atoms with van der Waals surface area (Å²) in [5.41, 5.74) is 0.472. The zero-order chi connectivity index (χ0) is 19.2. The van der Waals surface area contributed by atoms with Crippen LogP contribution in [0.25, 0.3) is 0 Å². The Bertz CT molecular complexity index is 735. The quantitative estimate of drug-likeness (QED) is 0.368. The fourth-order valence-corrected chi connectivity index (χ4v) is 3.85. The number of hydrogen-bond donors (Lipinski definition) is 0. The molecular weight excluding hydrogens is 344 g/mol. The molecule has 3 nitrogen and oxygen atoms in total. The van der Waals surface area contributed by atoms with Crippen molar-refractivity contribution in [3.8, 4) is 5.75 Å². The first-order chi connectivity index (χ1) is 12.4. The maximum absolute atomic E-state index is 13.0. The highest BCUT2D eigenvalue weighted by Crippen LogP contribution is 2.39. The third kappa shape index (κ3) is 5.40. The summed E-state index contributed by atoms with van der Waals surface area (Å²) >= 11 is 1.45.